The van der Waals surface area contributed by atoms with Crippen LogP contribution in [0.2, 0.25) is 18.1 Å². The van der Waals surface area contributed by atoms with E-state index >= 15 is 0 Å². The molecule has 1 aromatic carbocycles. The van der Waals surface area contributed by atoms with Gasteiger partial charge in [0.2, 0.25) is 0 Å². The van der Waals surface area contributed by atoms with Gasteiger partial charge in [-0.1, -0.05) is 50.7 Å². The van der Waals surface area contributed by atoms with E-state index in [0.717, 1.165) is 0 Å². The van der Waals surface area contributed by atoms with Gasteiger partial charge in [-0.05, 0) is 48.7 Å². The number of carbonyl (C=O) groups excluding carboxylic acids is 1. The second-order valence-electron chi connectivity index (χ2n) is 8.49. The molecule has 25 heavy (non-hydrogen) atoms. The van der Waals surface area contributed by atoms with E-state index in [1.54, 1.807) is 11.8 Å². The van der Waals surface area contributed by atoms with Crippen LogP contribution in [0, 0.1) is 0 Å². The van der Waals surface area contributed by atoms with Gasteiger partial charge in [0.1, 0.15) is 11.2 Å². The maximum atomic E-state index is 11.5. The van der Waals surface area contributed by atoms with E-state index < -0.39 is 19.5 Å². The van der Waals surface area contributed by atoms with Gasteiger partial charge >= 0.3 is 5.97 Å². The van der Waals surface area contributed by atoms with Crippen LogP contribution in [0.5, 0.6) is 0 Å². The minimum Gasteiger partial charge on any atom is -0.456 e. The Bertz CT molecular complexity index is 651. The molecule has 0 heterocycles. The quantitative estimate of drug-likeness (QED) is 0.357. The van der Waals surface area contributed by atoms with Crippen molar-refractivity contribution in [2.45, 2.75) is 75.3 Å². The molecule has 3 nitrogen and oxygen atoms in total. The lowest BCUT2D eigenvalue weighted by molar-refractivity contribution is -0.150. The lowest BCUT2D eigenvalue weighted by Crippen LogP contribution is -2.47. The molecule has 0 amide bonds. The van der Waals surface area contributed by atoms with E-state index in [1.807, 2.05) is 25.1 Å². The zero-order chi connectivity index (χ0) is 18.9. The summed E-state index contributed by atoms with van der Waals surface area (Å²) in [7, 11) is -2.00. The van der Waals surface area contributed by atoms with Gasteiger partial charge in [-0.3, -0.25) is 4.79 Å². The molecule has 0 bridgehead atoms. The summed E-state index contributed by atoms with van der Waals surface area (Å²) in [6.07, 6.45) is 2.80. The smallest absolute Gasteiger partial charge is 0.303 e. The normalized spacial score (nSPS) is 26.7. The van der Waals surface area contributed by atoms with Gasteiger partial charge < -0.3 is 9.16 Å². The lowest BCUT2D eigenvalue weighted by Gasteiger charge is -2.40. The molecule has 1 aliphatic rings. The summed E-state index contributed by atoms with van der Waals surface area (Å²) in [4.78, 5) is 12.7. The third kappa shape index (κ3) is 4.57. The van der Waals surface area contributed by atoms with E-state index in [9.17, 15) is 4.79 Å². The molecule has 0 saturated heterocycles. The molecule has 2 rings (SSSR count). The Morgan fingerprint density at radius 3 is 2.36 bits per heavy atom. The highest BCUT2D eigenvalue weighted by Crippen LogP contribution is 2.58. The predicted molar refractivity (Wildman–Crippen MR) is 107 cm³/mol. The first-order valence-corrected chi connectivity index (χ1v) is 12.5. The van der Waals surface area contributed by atoms with Gasteiger partial charge in [-0.2, -0.15) is 0 Å². The summed E-state index contributed by atoms with van der Waals surface area (Å²) >= 11 is 1.65. The van der Waals surface area contributed by atoms with Gasteiger partial charge in [-0.15, -0.1) is 0 Å². The Kier molecular flexibility index (Phi) is 5.62. The molecule has 0 spiro atoms. The second kappa shape index (κ2) is 6.93. The van der Waals surface area contributed by atoms with Crippen molar-refractivity contribution >= 4 is 26.0 Å². The maximum absolute atomic E-state index is 11.5. The Balaban J connectivity index is 2.21. The second-order valence-corrected chi connectivity index (χ2v) is 14.2. The van der Waals surface area contributed by atoms with E-state index in [1.165, 1.54) is 11.8 Å². The predicted octanol–water partition coefficient (Wildman–Crippen LogP) is 5.78. The zero-order valence-electron chi connectivity index (χ0n) is 16.4. The molecular formula is C20H30O3SSi. The summed E-state index contributed by atoms with van der Waals surface area (Å²) in [5.74, 6) is -0.257. The van der Waals surface area contributed by atoms with Gasteiger partial charge in [-0.25, -0.2) is 0 Å². The molecule has 2 atom stereocenters. The van der Waals surface area contributed by atoms with Crippen LogP contribution in [0.25, 0.3) is 0 Å². The maximum Gasteiger partial charge on any atom is 0.303 e. The van der Waals surface area contributed by atoms with Crippen molar-refractivity contribution in [3.05, 3.63) is 41.8 Å². The molecular weight excluding hydrogens is 348 g/mol. The minimum absolute atomic E-state index is 0.0974. The molecule has 1 aromatic rings. The van der Waals surface area contributed by atoms with Gasteiger partial charge in [0.25, 0.3) is 0 Å². The van der Waals surface area contributed by atoms with E-state index in [0.29, 0.717) is 6.42 Å². The standard InChI is InChI=1S/C20H30O3SSi/c1-16(21)22-19(5)15-20(19,23-25(6,7)18(2,3)4)13-14-24-17-11-9-8-10-12-17/h8-14H,15H2,1-7H3/b14-13+/t19?,20-/m1/s1. The summed E-state index contributed by atoms with van der Waals surface area (Å²) in [5.41, 5.74) is -1.11. The number of hydrogen-bond donors (Lipinski definition) is 0. The zero-order valence-corrected chi connectivity index (χ0v) is 18.2. The highest BCUT2D eigenvalue weighted by atomic mass is 32.2. The first-order chi connectivity index (χ1) is 11.4. The summed E-state index contributed by atoms with van der Waals surface area (Å²) < 4.78 is 12.3. The first-order valence-electron chi connectivity index (χ1n) is 8.70. The van der Waals surface area contributed by atoms with Gasteiger partial charge in [0, 0.05) is 18.2 Å². The van der Waals surface area contributed by atoms with Crippen molar-refractivity contribution in [2.24, 2.45) is 0 Å². The lowest BCUT2D eigenvalue weighted by atomic mass is 10.2. The average molecular weight is 379 g/mol. The van der Waals surface area contributed by atoms with E-state index in [2.05, 4.69) is 57.5 Å². The minimum atomic E-state index is -2.00. The van der Waals surface area contributed by atoms with Gasteiger partial charge in [0.05, 0.1) is 0 Å². The van der Waals surface area contributed by atoms with Crippen molar-refractivity contribution in [2.75, 3.05) is 0 Å². The topological polar surface area (TPSA) is 35.5 Å². The third-order valence-electron chi connectivity index (χ3n) is 5.27. The van der Waals surface area contributed by atoms with Crippen molar-refractivity contribution in [3.8, 4) is 0 Å². The van der Waals surface area contributed by atoms with Crippen LogP contribution in [0.4, 0.5) is 0 Å². The Morgan fingerprint density at radius 2 is 1.84 bits per heavy atom. The monoisotopic (exact) mass is 378 g/mol. The number of hydrogen-bond acceptors (Lipinski definition) is 4. The average Bonchev–Trinajstić information content (AvgIpc) is 2.99. The molecule has 0 N–H and O–H groups in total. The van der Waals surface area contributed by atoms with Crippen LogP contribution in [-0.2, 0) is 14.0 Å². The van der Waals surface area contributed by atoms with E-state index in [-0.39, 0.29) is 11.0 Å². The molecule has 5 heteroatoms. The molecule has 1 unspecified atom stereocenters. The fraction of sp³-hybridized carbons (Fsp3) is 0.550. The third-order valence-corrected chi connectivity index (χ3v) is 10.6. The summed E-state index contributed by atoms with van der Waals surface area (Å²) in [6, 6.07) is 10.2. The number of esters is 1. The molecule has 0 radical (unpaired) electrons. The molecule has 1 saturated carbocycles. The fourth-order valence-electron chi connectivity index (χ4n) is 2.64. The van der Waals surface area contributed by atoms with Crippen LogP contribution < -0.4 is 0 Å². The molecule has 1 fully saturated rings. The number of benzene rings is 1. The highest BCUT2D eigenvalue weighted by Gasteiger charge is 2.69. The van der Waals surface area contributed by atoms with Crippen LogP contribution in [0.1, 0.15) is 41.0 Å². The van der Waals surface area contributed by atoms with Crippen LogP contribution in [0.3, 0.4) is 0 Å². The Morgan fingerprint density at radius 1 is 1.24 bits per heavy atom. The molecule has 1 aliphatic carbocycles. The van der Waals surface area contributed by atoms with Crippen molar-refractivity contribution in [1.82, 2.24) is 0 Å². The van der Waals surface area contributed by atoms with E-state index in [4.69, 9.17) is 9.16 Å². The number of thioether (sulfide) groups is 1. The van der Waals surface area contributed by atoms with Crippen LogP contribution in [-0.4, -0.2) is 25.5 Å². The highest BCUT2D eigenvalue weighted by molar-refractivity contribution is 8.02. The first kappa shape index (κ1) is 20.3. The molecule has 0 aliphatic heterocycles. The molecule has 0 aromatic heterocycles. The number of carbonyl (C=O) groups is 1. The SMILES string of the molecule is CC(=O)OC1(C)C[C@@]1(/C=C/Sc1ccccc1)O[Si](C)(C)C(C)(C)C. The number of rotatable bonds is 6. The summed E-state index contributed by atoms with van der Waals surface area (Å²) in [6.45, 7) is 14.6. The largest absolute Gasteiger partial charge is 0.456 e. The van der Waals surface area contributed by atoms with Crippen molar-refractivity contribution < 1.29 is 14.0 Å². The Labute approximate surface area is 157 Å². The number of ether oxygens (including phenoxy) is 1. The summed E-state index contributed by atoms with van der Waals surface area (Å²) in [5, 5.41) is 2.16. The van der Waals surface area contributed by atoms with Crippen molar-refractivity contribution in [3.63, 3.8) is 0 Å². The van der Waals surface area contributed by atoms with Crippen LogP contribution in [0.15, 0.2) is 46.7 Å². The van der Waals surface area contributed by atoms with Crippen molar-refractivity contribution in [1.29, 1.82) is 0 Å². The molecule has 138 valence electrons. The van der Waals surface area contributed by atoms with Crippen LogP contribution >= 0.6 is 11.8 Å². The van der Waals surface area contributed by atoms with Gasteiger partial charge in [0.15, 0.2) is 8.32 Å². The fourth-order valence-corrected chi connectivity index (χ4v) is 4.97. The Hall–Kier alpha value is -1.04.